The molecule has 2 unspecified atom stereocenters. The maximum atomic E-state index is 13.7. The number of hydrogen-bond donors (Lipinski definition) is 0. The summed E-state index contributed by atoms with van der Waals surface area (Å²) in [5, 5.41) is 21.3. The highest BCUT2D eigenvalue weighted by Crippen LogP contribution is 2.49. The fraction of sp³-hybridized carbons (Fsp3) is 0.385. The number of ether oxygens (including phenoxy) is 6. The summed E-state index contributed by atoms with van der Waals surface area (Å²) in [6, 6.07) is 12.3. The number of benzene rings is 2. The second-order valence-corrected chi connectivity index (χ2v) is 7.30. The van der Waals surface area contributed by atoms with Crippen LogP contribution in [0.2, 0.25) is 0 Å². The molecule has 0 bridgehead atoms. The minimum atomic E-state index is -2.52. The summed E-state index contributed by atoms with van der Waals surface area (Å²) in [7, 11) is 5.58. The summed E-state index contributed by atoms with van der Waals surface area (Å²) in [6.07, 6.45) is 0. The third-order valence-electron chi connectivity index (χ3n) is 5.69. The molecule has 36 heavy (non-hydrogen) atoms. The summed E-state index contributed by atoms with van der Waals surface area (Å²) in [5.74, 6) is -1.29. The second kappa shape index (κ2) is 11.8. The maximum absolute atomic E-state index is 13.7. The van der Waals surface area contributed by atoms with E-state index in [1.165, 1.54) is 64.8 Å². The van der Waals surface area contributed by atoms with E-state index in [-0.39, 0.29) is 35.8 Å². The van der Waals surface area contributed by atoms with E-state index >= 15 is 0 Å². The fourth-order valence-electron chi connectivity index (χ4n) is 3.98. The van der Waals surface area contributed by atoms with Crippen molar-refractivity contribution in [1.82, 2.24) is 0 Å². The van der Waals surface area contributed by atoms with E-state index < -0.39 is 22.8 Å². The summed E-state index contributed by atoms with van der Waals surface area (Å²) in [6.45, 7) is 2.85. The SMILES string of the molecule is CCOC(=O)C(C#N)(c1ccc(OC)c(OC)c1)C(C#N)(C(=O)OCC)c1ccc(OC)c(OC)c1. The Kier molecular flexibility index (Phi) is 9.12. The van der Waals surface area contributed by atoms with Gasteiger partial charge in [0, 0.05) is 0 Å². The molecule has 0 aliphatic heterocycles. The number of nitriles is 2. The maximum Gasteiger partial charge on any atom is 0.333 e. The zero-order valence-corrected chi connectivity index (χ0v) is 21.0. The Hall–Kier alpha value is -4.44. The van der Waals surface area contributed by atoms with E-state index in [0.29, 0.717) is 11.5 Å². The van der Waals surface area contributed by atoms with Gasteiger partial charge >= 0.3 is 11.9 Å². The van der Waals surface area contributed by atoms with Gasteiger partial charge in [-0.25, -0.2) is 9.59 Å². The van der Waals surface area contributed by atoms with Crippen molar-refractivity contribution in [2.24, 2.45) is 0 Å². The molecule has 0 saturated carbocycles. The molecule has 0 aromatic heterocycles. The van der Waals surface area contributed by atoms with E-state index in [9.17, 15) is 20.1 Å². The molecular formula is C26H28N2O8. The number of esters is 2. The van der Waals surface area contributed by atoms with Gasteiger partial charge in [0.25, 0.3) is 0 Å². The highest BCUT2D eigenvalue weighted by Gasteiger charge is 2.67. The Balaban J connectivity index is 3.13. The first kappa shape index (κ1) is 27.8. The van der Waals surface area contributed by atoms with Crippen LogP contribution in [0.1, 0.15) is 25.0 Å². The Morgan fingerprint density at radius 1 is 0.667 bits per heavy atom. The lowest BCUT2D eigenvalue weighted by molar-refractivity contribution is -0.160. The summed E-state index contributed by atoms with van der Waals surface area (Å²) in [4.78, 5) is 27.4. The third kappa shape index (κ3) is 4.34. The van der Waals surface area contributed by atoms with Crippen molar-refractivity contribution >= 4 is 11.9 Å². The van der Waals surface area contributed by atoms with Crippen LogP contribution in [0.3, 0.4) is 0 Å². The van der Waals surface area contributed by atoms with E-state index in [1.54, 1.807) is 13.8 Å². The van der Waals surface area contributed by atoms with E-state index in [4.69, 9.17) is 28.4 Å². The van der Waals surface area contributed by atoms with Crippen LogP contribution in [0, 0.1) is 22.7 Å². The molecule has 0 aliphatic rings. The average molecular weight is 497 g/mol. The van der Waals surface area contributed by atoms with Crippen molar-refractivity contribution in [3.05, 3.63) is 47.5 Å². The van der Waals surface area contributed by atoms with Crippen LogP contribution in [0.5, 0.6) is 23.0 Å². The van der Waals surface area contributed by atoms with Crippen molar-refractivity contribution in [3.8, 4) is 35.1 Å². The van der Waals surface area contributed by atoms with Crippen LogP contribution in [0.4, 0.5) is 0 Å². The van der Waals surface area contributed by atoms with Gasteiger partial charge in [-0.3, -0.25) is 0 Å². The fourth-order valence-corrected chi connectivity index (χ4v) is 3.98. The number of nitrogens with zero attached hydrogens (tertiary/aromatic N) is 2. The van der Waals surface area contributed by atoms with E-state index in [0.717, 1.165) is 0 Å². The standard InChI is InChI=1S/C26H28N2O8/c1-7-35-23(29)25(15-27,17-9-11-19(31-3)21(13-17)33-5)26(16-28,24(30)36-8-2)18-10-12-20(32-4)22(14-18)34-6/h9-14H,7-8H2,1-6H3. The van der Waals surface area contributed by atoms with Gasteiger partial charge in [-0.15, -0.1) is 0 Å². The summed E-state index contributed by atoms with van der Waals surface area (Å²) < 4.78 is 31.9. The van der Waals surface area contributed by atoms with E-state index in [1.807, 2.05) is 12.1 Å². The lowest BCUT2D eigenvalue weighted by Gasteiger charge is -2.38. The highest BCUT2D eigenvalue weighted by molar-refractivity contribution is 6.02. The Bertz CT molecular complexity index is 1110. The third-order valence-corrected chi connectivity index (χ3v) is 5.69. The predicted molar refractivity (Wildman–Crippen MR) is 127 cm³/mol. The van der Waals surface area contributed by atoms with Gasteiger partial charge in [-0.05, 0) is 49.2 Å². The van der Waals surface area contributed by atoms with Crippen molar-refractivity contribution in [3.63, 3.8) is 0 Å². The minimum absolute atomic E-state index is 0.0366. The molecule has 0 amide bonds. The second-order valence-electron chi connectivity index (χ2n) is 7.30. The molecule has 2 atom stereocenters. The molecule has 0 radical (unpaired) electrons. The van der Waals surface area contributed by atoms with Crippen LogP contribution in [0.15, 0.2) is 36.4 Å². The van der Waals surface area contributed by atoms with Crippen molar-refractivity contribution in [2.45, 2.75) is 24.7 Å². The molecule has 0 spiro atoms. The Morgan fingerprint density at radius 2 is 1.00 bits per heavy atom. The van der Waals surface area contributed by atoms with Crippen molar-refractivity contribution in [1.29, 1.82) is 10.5 Å². The van der Waals surface area contributed by atoms with Crippen molar-refractivity contribution in [2.75, 3.05) is 41.7 Å². The van der Waals surface area contributed by atoms with Crippen LogP contribution in [-0.2, 0) is 29.9 Å². The zero-order chi connectivity index (χ0) is 26.9. The number of hydrogen-bond acceptors (Lipinski definition) is 10. The molecule has 2 aromatic carbocycles. The monoisotopic (exact) mass is 496 g/mol. The smallest absolute Gasteiger partial charge is 0.333 e. The molecule has 10 heteroatoms. The molecule has 2 rings (SSSR count). The molecule has 10 nitrogen and oxygen atoms in total. The van der Waals surface area contributed by atoms with Crippen LogP contribution in [0.25, 0.3) is 0 Å². The number of rotatable bonds is 11. The van der Waals surface area contributed by atoms with Gasteiger partial charge < -0.3 is 28.4 Å². The first-order valence-corrected chi connectivity index (χ1v) is 10.9. The predicted octanol–water partition coefficient (Wildman–Crippen LogP) is 3.07. The van der Waals surface area contributed by atoms with Gasteiger partial charge in [0.2, 0.25) is 10.8 Å². The zero-order valence-electron chi connectivity index (χ0n) is 21.0. The largest absolute Gasteiger partial charge is 0.493 e. The first-order valence-electron chi connectivity index (χ1n) is 10.9. The topological polar surface area (TPSA) is 137 Å². The van der Waals surface area contributed by atoms with Gasteiger partial charge in [-0.1, -0.05) is 12.1 Å². The number of carbonyl (C=O) groups is 2. The first-order chi connectivity index (χ1) is 17.3. The lowest BCUT2D eigenvalue weighted by atomic mass is 9.57. The molecule has 0 saturated heterocycles. The Morgan fingerprint density at radius 3 is 1.25 bits per heavy atom. The average Bonchev–Trinajstić information content (AvgIpc) is 2.91. The molecule has 190 valence electrons. The number of carbonyl (C=O) groups excluding carboxylic acids is 2. The van der Waals surface area contributed by atoms with Gasteiger partial charge in [0.05, 0.1) is 53.8 Å². The molecule has 2 aromatic rings. The summed E-state index contributed by atoms with van der Waals surface area (Å²) >= 11 is 0. The normalized spacial score (nSPS) is 13.6. The lowest BCUT2D eigenvalue weighted by Crippen LogP contribution is -2.58. The highest BCUT2D eigenvalue weighted by atomic mass is 16.5. The van der Waals surface area contributed by atoms with Gasteiger partial charge in [0.15, 0.2) is 23.0 Å². The number of methoxy groups -OCH3 is 4. The van der Waals surface area contributed by atoms with E-state index in [2.05, 4.69) is 0 Å². The summed E-state index contributed by atoms with van der Waals surface area (Å²) in [5.41, 5.74) is -5.12. The van der Waals surface area contributed by atoms with Gasteiger partial charge in [-0.2, -0.15) is 10.5 Å². The van der Waals surface area contributed by atoms with Gasteiger partial charge in [0.1, 0.15) is 0 Å². The van der Waals surface area contributed by atoms with Crippen LogP contribution < -0.4 is 18.9 Å². The molecule has 0 fully saturated rings. The molecule has 0 heterocycles. The molecule has 0 N–H and O–H groups in total. The minimum Gasteiger partial charge on any atom is -0.493 e. The van der Waals surface area contributed by atoms with Crippen LogP contribution >= 0.6 is 0 Å². The Labute approximate surface area is 209 Å². The van der Waals surface area contributed by atoms with Crippen molar-refractivity contribution < 1.29 is 38.0 Å². The quantitative estimate of drug-likeness (QED) is 0.427. The van der Waals surface area contributed by atoms with Crippen LogP contribution in [-0.4, -0.2) is 53.6 Å². The molecule has 0 aliphatic carbocycles. The molecular weight excluding hydrogens is 468 g/mol.